The molecule has 5 aromatic rings. The van der Waals surface area contributed by atoms with Crippen LogP contribution in [0.15, 0.2) is 84.9 Å². The van der Waals surface area contributed by atoms with E-state index >= 15 is 0 Å². The summed E-state index contributed by atoms with van der Waals surface area (Å²) >= 11 is 0. The van der Waals surface area contributed by atoms with E-state index in [4.69, 9.17) is 19.2 Å². The summed E-state index contributed by atoms with van der Waals surface area (Å²) < 4.78 is 11.1. The van der Waals surface area contributed by atoms with E-state index in [0.717, 1.165) is 21.8 Å². The molecule has 1 heterocycles. The maximum Gasteiger partial charge on any atom is 0.357 e. The molecule has 0 radical (unpaired) electrons. The third-order valence-electron chi connectivity index (χ3n) is 6.97. The summed E-state index contributed by atoms with van der Waals surface area (Å²) in [6.07, 6.45) is -0.349. The number of benzene rings is 4. The number of H-pyrrole nitrogens is 1. The highest BCUT2D eigenvalue weighted by atomic mass is 17.2. The fraction of sp³-hybridized carbons (Fsp3) is 0.188. The van der Waals surface area contributed by atoms with Crippen LogP contribution in [-0.2, 0) is 21.1 Å². The van der Waals surface area contributed by atoms with Gasteiger partial charge in [0.2, 0.25) is 0 Å². The van der Waals surface area contributed by atoms with Crippen LogP contribution in [0.1, 0.15) is 33.9 Å². The molecule has 0 fully saturated rings. The second-order valence-electron chi connectivity index (χ2n) is 9.82. The molecule has 1 atom stereocenters. The van der Waals surface area contributed by atoms with E-state index in [1.54, 1.807) is 36.4 Å². The minimum atomic E-state index is -1.25. The van der Waals surface area contributed by atoms with E-state index in [1.165, 1.54) is 25.3 Å². The van der Waals surface area contributed by atoms with Crippen LogP contribution in [0.3, 0.4) is 0 Å². The van der Waals surface area contributed by atoms with Gasteiger partial charge in [-0.3, -0.25) is 9.78 Å². The number of carbonyl (C=O) groups excluding carboxylic acids is 1. The third-order valence-corrected chi connectivity index (χ3v) is 6.97. The first-order valence-electron chi connectivity index (χ1n) is 13.8. The largest absolute Gasteiger partial charge is 0.493 e. The number of para-hydroxylation sites is 3. The predicted molar refractivity (Wildman–Crippen MR) is 162 cm³/mol. The zero-order valence-corrected chi connectivity index (χ0v) is 24.1. The van der Waals surface area contributed by atoms with E-state index < -0.39 is 29.7 Å². The van der Waals surface area contributed by atoms with Crippen molar-refractivity contribution < 1.29 is 43.9 Å². The number of carbonyl (C=O) groups is 2. The molecule has 13 heteroatoms. The first-order valence-corrected chi connectivity index (χ1v) is 13.8. The summed E-state index contributed by atoms with van der Waals surface area (Å²) in [4.78, 5) is 54.5. The van der Waals surface area contributed by atoms with Gasteiger partial charge < -0.3 is 29.7 Å². The van der Waals surface area contributed by atoms with Gasteiger partial charge in [0, 0.05) is 23.5 Å². The topological polar surface area (TPSA) is 171 Å². The molecule has 0 bridgehead atoms. The minimum Gasteiger partial charge on any atom is -0.493 e. The van der Waals surface area contributed by atoms with Crippen molar-refractivity contribution in [3.05, 3.63) is 112 Å². The third kappa shape index (κ3) is 7.40. The summed E-state index contributed by atoms with van der Waals surface area (Å²) in [5.41, 5.74) is 2.09. The predicted octanol–water partition coefficient (Wildman–Crippen LogP) is 5.37. The zero-order valence-electron chi connectivity index (χ0n) is 24.1. The Bertz CT molecular complexity index is 1840. The summed E-state index contributed by atoms with van der Waals surface area (Å²) in [6, 6.07) is 23.2. The Morgan fingerprint density at radius 1 is 0.956 bits per heavy atom. The minimum absolute atomic E-state index is 0.111. The summed E-state index contributed by atoms with van der Waals surface area (Å²) in [7, 11) is 1.52. The number of nitrogens with one attached hydrogen (secondary N) is 2. The molecular weight excluding hydrogens is 586 g/mol. The van der Waals surface area contributed by atoms with Gasteiger partial charge in [0.25, 0.3) is 5.09 Å². The highest BCUT2D eigenvalue weighted by Gasteiger charge is 2.24. The van der Waals surface area contributed by atoms with E-state index in [1.807, 2.05) is 30.3 Å². The lowest BCUT2D eigenvalue weighted by Crippen LogP contribution is -2.30. The normalized spacial score (nSPS) is 11.6. The highest BCUT2D eigenvalue weighted by molar-refractivity contribution is 6.10. The highest BCUT2D eigenvalue weighted by Crippen LogP contribution is 2.33. The van der Waals surface area contributed by atoms with E-state index in [2.05, 4.69) is 15.1 Å². The van der Waals surface area contributed by atoms with Crippen LogP contribution in [0.2, 0.25) is 0 Å². The van der Waals surface area contributed by atoms with Crippen LogP contribution in [0.4, 0.5) is 0 Å². The molecule has 0 aliphatic heterocycles. The first kappa shape index (κ1) is 30.6. The maximum absolute atomic E-state index is 13.2. The number of rotatable bonds is 15. The van der Waals surface area contributed by atoms with Crippen molar-refractivity contribution in [3.63, 3.8) is 0 Å². The van der Waals surface area contributed by atoms with E-state index in [0.29, 0.717) is 22.8 Å². The van der Waals surface area contributed by atoms with Crippen molar-refractivity contribution in [2.75, 3.05) is 20.3 Å². The van der Waals surface area contributed by atoms with Gasteiger partial charge in [-0.2, -0.15) is 0 Å². The average molecular weight is 616 g/mol. The molecule has 232 valence electrons. The summed E-state index contributed by atoms with van der Waals surface area (Å²) in [5, 5.41) is 24.5. The van der Waals surface area contributed by atoms with Crippen LogP contribution in [0, 0.1) is 10.1 Å². The monoisotopic (exact) mass is 615 g/mol. The van der Waals surface area contributed by atoms with Gasteiger partial charge in [0.1, 0.15) is 13.2 Å². The van der Waals surface area contributed by atoms with Gasteiger partial charge >= 0.3 is 11.9 Å². The van der Waals surface area contributed by atoms with Crippen LogP contribution in [-0.4, -0.2) is 47.4 Å². The number of fused-ring (bicyclic) bond motifs is 3. The van der Waals surface area contributed by atoms with Crippen molar-refractivity contribution in [2.24, 2.45) is 0 Å². The standard InChI is InChI=1S/C32H29N3O10/c1-41-27-10-4-5-11-28(27)42-16-15-33-26(23-17-20(19-43-35(39)40)13-14-21(23)32(37)38)18-30(36)45-44-29-12-6-9-25-31(29)22-7-2-3-8-24(22)34-25/h2-14,17,26,33-34H,15-16,18-19H2,1H3,(H,37,38). The molecule has 4 aromatic carbocycles. The first-order chi connectivity index (χ1) is 21.8. The number of nitrogens with zero attached hydrogens (tertiary/aromatic N) is 1. The molecule has 0 saturated carbocycles. The molecule has 0 saturated heterocycles. The average Bonchev–Trinajstić information content (AvgIpc) is 3.43. The fourth-order valence-electron chi connectivity index (χ4n) is 4.97. The molecule has 1 unspecified atom stereocenters. The van der Waals surface area contributed by atoms with Crippen LogP contribution < -0.4 is 19.7 Å². The second kappa shape index (κ2) is 14.1. The van der Waals surface area contributed by atoms with Gasteiger partial charge in [0.15, 0.2) is 17.2 Å². The van der Waals surface area contributed by atoms with Gasteiger partial charge in [-0.05, 0) is 47.5 Å². The smallest absolute Gasteiger partial charge is 0.357 e. The molecule has 45 heavy (non-hydrogen) atoms. The fourth-order valence-corrected chi connectivity index (χ4v) is 4.97. The van der Waals surface area contributed by atoms with Gasteiger partial charge in [0.05, 0.1) is 30.0 Å². The van der Waals surface area contributed by atoms with Gasteiger partial charge in [-0.1, -0.05) is 48.5 Å². The second-order valence-corrected chi connectivity index (χ2v) is 9.82. The lowest BCUT2D eigenvalue weighted by atomic mass is 9.95. The molecule has 13 nitrogen and oxygen atoms in total. The van der Waals surface area contributed by atoms with Crippen molar-refractivity contribution in [1.29, 1.82) is 0 Å². The lowest BCUT2D eigenvalue weighted by molar-refractivity contribution is -0.763. The number of aromatic nitrogens is 1. The Balaban J connectivity index is 1.35. The quantitative estimate of drug-likeness (QED) is 0.0598. The Morgan fingerprint density at radius 3 is 2.47 bits per heavy atom. The van der Waals surface area contributed by atoms with Gasteiger partial charge in [-0.15, -0.1) is 10.1 Å². The number of carboxylic acid groups (broad SMARTS) is 1. The molecular formula is C32H29N3O10. The molecule has 0 spiro atoms. The van der Waals surface area contributed by atoms with Crippen LogP contribution in [0.25, 0.3) is 21.8 Å². The summed E-state index contributed by atoms with van der Waals surface area (Å²) in [6.45, 7) is -0.0938. The van der Waals surface area contributed by atoms with Crippen molar-refractivity contribution >= 4 is 33.7 Å². The molecule has 0 aliphatic carbocycles. The summed E-state index contributed by atoms with van der Waals surface area (Å²) in [5.74, 6) is -0.690. The zero-order chi connectivity index (χ0) is 31.8. The Kier molecular flexibility index (Phi) is 9.60. The number of ether oxygens (including phenoxy) is 2. The van der Waals surface area contributed by atoms with E-state index in [-0.39, 0.29) is 30.7 Å². The number of methoxy groups -OCH3 is 1. The lowest BCUT2D eigenvalue weighted by Gasteiger charge is -2.21. The van der Waals surface area contributed by atoms with Crippen molar-refractivity contribution in [3.8, 4) is 17.2 Å². The molecule has 1 aromatic heterocycles. The number of hydrogen-bond acceptors (Lipinski definition) is 10. The number of carboxylic acids is 1. The number of hydrogen-bond donors (Lipinski definition) is 3. The maximum atomic E-state index is 13.2. The van der Waals surface area contributed by atoms with Crippen LogP contribution in [0.5, 0.6) is 17.2 Å². The Labute approximate surface area is 256 Å². The molecule has 0 aliphatic rings. The molecule has 5 rings (SSSR count). The van der Waals surface area contributed by atoms with Crippen molar-refractivity contribution in [2.45, 2.75) is 19.1 Å². The van der Waals surface area contributed by atoms with Crippen molar-refractivity contribution in [1.82, 2.24) is 10.3 Å². The number of aromatic amines is 1. The molecule has 0 amide bonds. The van der Waals surface area contributed by atoms with Crippen LogP contribution >= 0.6 is 0 Å². The Hall–Kier alpha value is -5.82. The molecule has 3 N–H and O–H groups in total. The Morgan fingerprint density at radius 2 is 1.69 bits per heavy atom. The number of aromatic carboxylic acids is 1. The van der Waals surface area contributed by atoms with E-state index in [9.17, 15) is 24.8 Å². The SMILES string of the molecule is COc1ccccc1OCCNC(CC(=O)OOc1cccc2[nH]c3ccccc3c12)c1cc(CO[N+](=O)[O-])ccc1C(=O)O. The van der Waals surface area contributed by atoms with Gasteiger partial charge in [-0.25, -0.2) is 9.59 Å².